The summed E-state index contributed by atoms with van der Waals surface area (Å²) in [6, 6.07) is 4.58. The number of fused-ring (bicyclic) bond motifs is 1. The molecule has 2 heterocycles. The lowest BCUT2D eigenvalue weighted by atomic mass is 10.2. The average molecular weight is 292 g/mol. The standard InChI is InChI=1S/C15H20N2O2S/c18-8-3-7-16-15(19)13-10-14-12(6-9-20-14)17(13)11-4-1-2-5-11/h6,9-11,18H,1-5,7-8H2,(H,16,19). The number of nitrogens with zero attached hydrogens (tertiary/aromatic N) is 1. The van der Waals surface area contributed by atoms with Crippen molar-refractivity contribution in [3.63, 3.8) is 0 Å². The second-order valence-corrected chi connectivity index (χ2v) is 6.29. The number of rotatable bonds is 5. The topological polar surface area (TPSA) is 54.3 Å². The van der Waals surface area contributed by atoms with Crippen molar-refractivity contribution in [2.75, 3.05) is 13.2 Å². The van der Waals surface area contributed by atoms with E-state index in [1.807, 2.05) is 6.07 Å². The van der Waals surface area contributed by atoms with Gasteiger partial charge in [-0.05, 0) is 36.8 Å². The number of amides is 1. The highest BCUT2D eigenvalue weighted by Crippen LogP contribution is 2.36. The minimum Gasteiger partial charge on any atom is -0.396 e. The van der Waals surface area contributed by atoms with E-state index in [2.05, 4.69) is 21.3 Å². The van der Waals surface area contributed by atoms with E-state index in [4.69, 9.17) is 5.11 Å². The van der Waals surface area contributed by atoms with Crippen LogP contribution in [0.15, 0.2) is 17.5 Å². The molecule has 1 amide bonds. The van der Waals surface area contributed by atoms with Crippen molar-refractivity contribution in [3.8, 4) is 0 Å². The van der Waals surface area contributed by atoms with Crippen LogP contribution in [-0.4, -0.2) is 28.7 Å². The van der Waals surface area contributed by atoms with Crippen LogP contribution < -0.4 is 5.32 Å². The van der Waals surface area contributed by atoms with Crippen LogP contribution in [0.3, 0.4) is 0 Å². The van der Waals surface area contributed by atoms with Crippen LogP contribution in [0.1, 0.15) is 48.6 Å². The van der Waals surface area contributed by atoms with Gasteiger partial charge in [0.1, 0.15) is 5.69 Å². The molecular formula is C15H20N2O2S. The number of carbonyl (C=O) groups excluding carboxylic acids is 1. The normalized spacial score (nSPS) is 16.1. The molecule has 5 heteroatoms. The van der Waals surface area contributed by atoms with Crippen molar-refractivity contribution in [2.45, 2.75) is 38.1 Å². The Kier molecular flexibility index (Phi) is 4.08. The maximum atomic E-state index is 12.4. The Hall–Kier alpha value is -1.33. The van der Waals surface area contributed by atoms with Crippen molar-refractivity contribution in [3.05, 3.63) is 23.2 Å². The molecule has 2 N–H and O–H groups in total. The first-order chi connectivity index (χ1) is 9.81. The number of aliphatic hydroxyl groups excluding tert-OH is 1. The number of aliphatic hydroxyl groups is 1. The number of carbonyl (C=O) groups is 1. The van der Waals surface area contributed by atoms with Gasteiger partial charge in [-0.15, -0.1) is 11.3 Å². The highest BCUT2D eigenvalue weighted by Gasteiger charge is 2.24. The molecule has 0 atom stereocenters. The number of aromatic nitrogens is 1. The zero-order valence-corrected chi connectivity index (χ0v) is 12.3. The summed E-state index contributed by atoms with van der Waals surface area (Å²) >= 11 is 1.69. The molecule has 20 heavy (non-hydrogen) atoms. The maximum absolute atomic E-state index is 12.4. The van der Waals surface area contributed by atoms with Gasteiger partial charge in [-0.3, -0.25) is 4.79 Å². The van der Waals surface area contributed by atoms with E-state index in [-0.39, 0.29) is 12.5 Å². The van der Waals surface area contributed by atoms with E-state index >= 15 is 0 Å². The Balaban J connectivity index is 1.90. The van der Waals surface area contributed by atoms with Gasteiger partial charge in [-0.1, -0.05) is 12.8 Å². The third kappa shape index (κ3) is 2.47. The van der Waals surface area contributed by atoms with Crippen molar-refractivity contribution in [1.29, 1.82) is 0 Å². The summed E-state index contributed by atoms with van der Waals surface area (Å²) in [4.78, 5) is 12.4. The van der Waals surface area contributed by atoms with Crippen LogP contribution in [0, 0.1) is 0 Å². The van der Waals surface area contributed by atoms with Crippen LogP contribution in [0.4, 0.5) is 0 Å². The summed E-state index contributed by atoms with van der Waals surface area (Å²) in [7, 11) is 0. The Labute approximate surface area is 122 Å². The van der Waals surface area contributed by atoms with E-state index in [0.29, 0.717) is 19.0 Å². The predicted octanol–water partition coefficient (Wildman–Crippen LogP) is 2.93. The summed E-state index contributed by atoms with van der Waals surface area (Å²) in [5.74, 6) is -0.0197. The van der Waals surface area contributed by atoms with Gasteiger partial charge in [0.25, 0.3) is 5.91 Å². The lowest BCUT2D eigenvalue weighted by Gasteiger charge is -2.17. The fourth-order valence-electron chi connectivity index (χ4n) is 3.05. The SMILES string of the molecule is O=C(NCCCO)c1cc2sccc2n1C1CCCC1. The fourth-order valence-corrected chi connectivity index (χ4v) is 3.86. The van der Waals surface area contributed by atoms with Gasteiger partial charge in [0.15, 0.2) is 0 Å². The highest BCUT2D eigenvalue weighted by atomic mass is 32.1. The molecule has 0 aromatic carbocycles. The lowest BCUT2D eigenvalue weighted by Crippen LogP contribution is -2.28. The number of thiophene rings is 1. The van der Waals surface area contributed by atoms with Gasteiger partial charge in [-0.25, -0.2) is 0 Å². The van der Waals surface area contributed by atoms with Crippen molar-refractivity contribution < 1.29 is 9.90 Å². The number of hydrogen-bond donors (Lipinski definition) is 2. The number of hydrogen-bond acceptors (Lipinski definition) is 3. The third-order valence-corrected chi connectivity index (χ3v) is 4.86. The molecule has 0 spiro atoms. The Bertz CT molecular complexity index is 596. The molecule has 0 bridgehead atoms. The molecule has 1 saturated carbocycles. The second kappa shape index (κ2) is 5.97. The van der Waals surface area contributed by atoms with E-state index in [9.17, 15) is 4.79 Å². The molecular weight excluding hydrogens is 272 g/mol. The first kappa shape index (κ1) is 13.6. The minimum absolute atomic E-state index is 0.0197. The highest BCUT2D eigenvalue weighted by molar-refractivity contribution is 7.17. The Morgan fingerprint density at radius 1 is 1.45 bits per heavy atom. The van der Waals surface area contributed by atoms with Crippen LogP contribution in [0.25, 0.3) is 10.2 Å². The van der Waals surface area contributed by atoms with Gasteiger partial charge in [0.2, 0.25) is 0 Å². The fraction of sp³-hybridized carbons (Fsp3) is 0.533. The van der Waals surface area contributed by atoms with E-state index in [1.165, 1.54) is 23.1 Å². The Morgan fingerprint density at radius 3 is 3.00 bits per heavy atom. The minimum atomic E-state index is -0.0197. The van der Waals surface area contributed by atoms with E-state index in [0.717, 1.165) is 18.5 Å². The molecule has 1 aliphatic rings. The third-order valence-electron chi connectivity index (χ3n) is 4.00. The van der Waals surface area contributed by atoms with Crippen LogP contribution >= 0.6 is 11.3 Å². The zero-order chi connectivity index (χ0) is 13.9. The average Bonchev–Trinajstić information content (AvgIpc) is 3.14. The van der Waals surface area contributed by atoms with Crippen molar-refractivity contribution >= 4 is 27.5 Å². The lowest BCUT2D eigenvalue weighted by molar-refractivity contribution is 0.0940. The number of nitrogens with one attached hydrogen (secondary N) is 1. The summed E-state index contributed by atoms with van der Waals surface area (Å²) in [5, 5.41) is 13.8. The molecule has 2 aromatic heterocycles. The zero-order valence-electron chi connectivity index (χ0n) is 11.5. The summed E-state index contributed by atoms with van der Waals surface area (Å²) in [6.07, 6.45) is 5.43. The van der Waals surface area contributed by atoms with Gasteiger partial charge >= 0.3 is 0 Å². The predicted molar refractivity (Wildman–Crippen MR) is 81.4 cm³/mol. The van der Waals surface area contributed by atoms with E-state index < -0.39 is 0 Å². The van der Waals surface area contributed by atoms with Crippen molar-refractivity contribution in [1.82, 2.24) is 9.88 Å². The quantitative estimate of drug-likeness (QED) is 0.833. The largest absolute Gasteiger partial charge is 0.396 e. The molecule has 3 rings (SSSR count). The van der Waals surface area contributed by atoms with Gasteiger partial charge in [0, 0.05) is 19.2 Å². The van der Waals surface area contributed by atoms with Gasteiger partial charge < -0.3 is 15.0 Å². The second-order valence-electron chi connectivity index (χ2n) is 5.34. The van der Waals surface area contributed by atoms with Crippen molar-refractivity contribution in [2.24, 2.45) is 0 Å². The molecule has 0 unspecified atom stereocenters. The molecule has 2 aromatic rings. The molecule has 0 aliphatic heterocycles. The summed E-state index contributed by atoms with van der Waals surface area (Å²) < 4.78 is 3.41. The van der Waals surface area contributed by atoms with E-state index in [1.54, 1.807) is 11.3 Å². The first-order valence-corrected chi connectivity index (χ1v) is 8.16. The van der Waals surface area contributed by atoms with Gasteiger partial charge in [0.05, 0.1) is 10.2 Å². The van der Waals surface area contributed by atoms with Crippen LogP contribution in [0.2, 0.25) is 0 Å². The monoisotopic (exact) mass is 292 g/mol. The first-order valence-electron chi connectivity index (χ1n) is 7.28. The molecule has 0 radical (unpaired) electrons. The Morgan fingerprint density at radius 2 is 2.25 bits per heavy atom. The molecule has 0 saturated heterocycles. The maximum Gasteiger partial charge on any atom is 0.267 e. The van der Waals surface area contributed by atoms with Gasteiger partial charge in [-0.2, -0.15) is 0 Å². The summed E-state index contributed by atoms with van der Waals surface area (Å²) in [6.45, 7) is 0.637. The molecule has 1 aliphatic carbocycles. The summed E-state index contributed by atoms with van der Waals surface area (Å²) in [5.41, 5.74) is 1.96. The molecule has 1 fully saturated rings. The van der Waals surface area contributed by atoms with Crippen LogP contribution in [-0.2, 0) is 0 Å². The smallest absolute Gasteiger partial charge is 0.267 e. The molecule has 4 nitrogen and oxygen atoms in total. The molecule has 108 valence electrons. The van der Waals surface area contributed by atoms with Crippen LogP contribution in [0.5, 0.6) is 0 Å².